The Bertz CT molecular complexity index is 469. The second-order valence-electron chi connectivity index (χ2n) is 7.28. The predicted octanol–water partition coefficient (Wildman–Crippen LogP) is 1.07. The fourth-order valence-electron chi connectivity index (χ4n) is 3.46. The van der Waals surface area contributed by atoms with Crippen LogP contribution in [0.4, 0.5) is 0 Å². The average Bonchev–Trinajstić information content (AvgIpc) is 2.79. The summed E-state index contributed by atoms with van der Waals surface area (Å²) >= 11 is 0. The third-order valence-corrected chi connectivity index (χ3v) is 5.40. The van der Waals surface area contributed by atoms with Crippen LogP contribution >= 0.6 is 12.4 Å². The van der Waals surface area contributed by atoms with Crippen LogP contribution in [-0.2, 0) is 14.3 Å². The molecule has 2 amide bonds. The fourth-order valence-corrected chi connectivity index (χ4v) is 3.46. The van der Waals surface area contributed by atoms with Crippen molar-refractivity contribution in [3.8, 4) is 0 Å². The van der Waals surface area contributed by atoms with Gasteiger partial charge in [-0.05, 0) is 27.2 Å². The molecular formula is C16H30ClN3O3. The molecule has 0 radical (unpaired) electrons. The van der Waals surface area contributed by atoms with Crippen LogP contribution in [0.5, 0.6) is 0 Å². The summed E-state index contributed by atoms with van der Waals surface area (Å²) in [7, 11) is 0. The summed E-state index contributed by atoms with van der Waals surface area (Å²) < 4.78 is 5.64. The van der Waals surface area contributed by atoms with E-state index in [4.69, 9.17) is 10.5 Å². The Balaban J connectivity index is 0.00000264. The number of hydrogen-bond donors (Lipinski definition) is 2. The number of rotatable bonds is 5. The zero-order chi connectivity index (χ0) is 16.7. The lowest BCUT2D eigenvalue weighted by Crippen LogP contribution is -2.76. The van der Waals surface area contributed by atoms with Crippen LogP contribution in [0.3, 0.4) is 0 Å². The molecule has 3 N–H and O–H groups in total. The number of likely N-dealkylation sites (tertiary alicyclic amines) is 1. The molecule has 2 rings (SSSR count). The molecule has 0 spiro atoms. The first kappa shape index (κ1) is 20.2. The summed E-state index contributed by atoms with van der Waals surface area (Å²) in [6.45, 7) is 11.1. The van der Waals surface area contributed by atoms with E-state index in [0.717, 1.165) is 0 Å². The van der Waals surface area contributed by atoms with Crippen molar-refractivity contribution in [2.75, 3.05) is 13.2 Å². The van der Waals surface area contributed by atoms with Crippen molar-refractivity contribution in [1.82, 2.24) is 10.2 Å². The van der Waals surface area contributed by atoms with E-state index in [-0.39, 0.29) is 36.4 Å². The molecule has 2 aliphatic rings. The first-order chi connectivity index (χ1) is 10.1. The molecule has 0 bridgehead atoms. The first-order valence-electron chi connectivity index (χ1n) is 8.17. The van der Waals surface area contributed by atoms with Crippen LogP contribution < -0.4 is 11.1 Å². The maximum atomic E-state index is 12.6. The molecule has 0 aromatic heterocycles. The number of carbonyl (C=O) groups is 2. The summed E-state index contributed by atoms with van der Waals surface area (Å²) in [5, 5.41) is 2.86. The number of amides is 2. The Labute approximate surface area is 144 Å². The Kier molecular flexibility index (Phi) is 6.10. The number of carbonyl (C=O) groups excluding carboxylic acids is 2. The zero-order valence-electron chi connectivity index (χ0n) is 14.7. The van der Waals surface area contributed by atoms with Gasteiger partial charge in [0.1, 0.15) is 11.6 Å². The molecule has 1 aliphatic heterocycles. The number of nitrogens with two attached hydrogens (primary N) is 1. The first-order valence-corrected chi connectivity index (χ1v) is 8.17. The van der Waals surface area contributed by atoms with E-state index in [2.05, 4.69) is 5.32 Å². The molecule has 0 aromatic rings. The minimum atomic E-state index is -0.974. The molecule has 2 fully saturated rings. The largest absolute Gasteiger partial charge is 0.378 e. The quantitative estimate of drug-likeness (QED) is 0.779. The van der Waals surface area contributed by atoms with E-state index in [1.54, 1.807) is 4.90 Å². The van der Waals surface area contributed by atoms with Crippen LogP contribution in [-0.4, -0.2) is 53.6 Å². The number of nitrogens with zero attached hydrogens (tertiary/aromatic N) is 1. The van der Waals surface area contributed by atoms with Crippen molar-refractivity contribution < 1.29 is 14.3 Å². The standard InChI is InChI=1S/C16H29N3O3.ClH/c1-6-22-12-9-16(17,15(12,4)5)14(21)18-11-7-8-19(10(2)3)13(11)20;/h10-12H,6-9,17H2,1-5H3,(H,18,21);1H. The van der Waals surface area contributed by atoms with Crippen LogP contribution in [0.15, 0.2) is 0 Å². The van der Waals surface area contributed by atoms with Gasteiger partial charge in [0.25, 0.3) is 0 Å². The summed E-state index contributed by atoms with van der Waals surface area (Å²) in [4.78, 5) is 26.7. The minimum Gasteiger partial charge on any atom is -0.378 e. The van der Waals surface area contributed by atoms with Gasteiger partial charge in [0.2, 0.25) is 11.8 Å². The summed E-state index contributed by atoms with van der Waals surface area (Å²) in [6, 6.07) is -0.291. The second-order valence-corrected chi connectivity index (χ2v) is 7.28. The van der Waals surface area contributed by atoms with Crippen molar-refractivity contribution in [2.24, 2.45) is 11.1 Å². The topological polar surface area (TPSA) is 84.7 Å². The molecule has 3 unspecified atom stereocenters. The smallest absolute Gasteiger partial charge is 0.245 e. The van der Waals surface area contributed by atoms with Crippen LogP contribution in [0.2, 0.25) is 0 Å². The number of hydrogen-bond acceptors (Lipinski definition) is 4. The van der Waals surface area contributed by atoms with Crippen molar-refractivity contribution in [3.05, 3.63) is 0 Å². The lowest BCUT2D eigenvalue weighted by molar-refractivity contribution is -0.171. The summed E-state index contributed by atoms with van der Waals surface area (Å²) in [5.74, 6) is -0.247. The molecule has 6 nitrogen and oxygen atoms in total. The summed E-state index contributed by atoms with van der Waals surface area (Å²) in [6.07, 6.45) is 1.13. The zero-order valence-corrected chi connectivity index (χ0v) is 15.5. The van der Waals surface area contributed by atoms with E-state index < -0.39 is 17.0 Å². The number of ether oxygens (including phenoxy) is 1. The number of nitrogens with one attached hydrogen (secondary N) is 1. The summed E-state index contributed by atoms with van der Waals surface area (Å²) in [5.41, 5.74) is 4.93. The van der Waals surface area contributed by atoms with Crippen LogP contribution in [0, 0.1) is 5.41 Å². The van der Waals surface area contributed by atoms with E-state index in [1.807, 2.05) is 34.6 Å². The average molecular weight is 348 g/mol. The molecule has 0 aromatic carbocycles. The lowest BCUT2D eigenvalue weighted by Gasteiger charge is -2.57. The third-order valence-electron chi connectivity index (χ3n) is 5.40. The molecule has 1 saturated heterocycles. The molecule has 23 heavy (non-hydrogen) atoms. The maximum Gasteiger partial charge on any atom is 0.245 e. The fraction of sp³-hybridized carbons (Fsp3) is 0.875. The highest BCUT2D eigenvalue weighted by Crippen LogP contribution is 2.49. The van der Waals surface area contributed by atoms with Gasteiger partial charge in [0.15, 0.2) is 0 Å². The van der Waals surface area contributed by atoms with Crippen molar-refractivity contribution >= 4 is 24.2 Å². The minimum absolute atomic E-state index is 0. The van der Waals surface area contributed by atoms with Crippen molar-refractivity contribution in [2.45, 2.75) is 71.2 Å². The molecule has 1 saturated carbocycles. The van der Waals surface area contributed by atoms with Gasteiger partial charge in [0, 0.05) is 31.0 Å². The highest BCUT2D eigenvalue weighted by atomic mass is 35.5. The van der Waals surface area contributed by atoms with Gasteiger partial charge in [-0.1, -0.05) is 13.8 Å². The van der Waals surface area contributed by atoms with Gasteiger partial charge < -0.3 is 20.7 Å². The van der Waals surface area contributed by atoms with E-state index in [0.29, 0.717) is 26.0 Å². The molecule has 3 atom stereocenters. The monoisotopic (exact) mass is 347 g/mol. The molecule has 7 heteroatoms. The highest BCUT2D eigenvalue weighted by molar-refractivity contribution is 5.94. The SMILES string of the molecule is CCOC1CC(N)(C(=O)NC2CCN(C(C)C)C2=O)C1(C)C.Cl. The Morgan fingerprint density at radius 1 is 1.48 bits per heavy atom. The molecule has 1 heterocycles. The Morgan fingerprint density at radius 3 is 2.52 bits per heavy atom. The van der Waals surface area contributed by atoms with E-state index >= 15 is 0 Å². The Morgan fingerprint density at radius 2 is 2.09 bits per heavy atom. The molecule has 134 valence electrons. The van der Waals surface area contributed by atoms with Gasteiger partial charge in [0.05, 0.1) is 6.10 Å². The van der Waals surface area contributed by atoms with Gasteiger partial charge in [-0.15, -0.1) is 12.4 Å². The van der Waals surface area contributed by atoms with Crippen LogP contribution in [0.1, 0.15) is 47.5 Å². The highest BCUT2D eigenvalue weighted by Gasteiger charge is 2.63. The van der Waals surface area contributed by atoms with Crippen molar-refractivity contribution in [1.29, 1.82) is 0 Å². The predicted molar refractivity (Wildman–Crippen MR) is 91.4 cm³/mol. The van der Waals surface area contributed by atoms with Gasteiger partial charge in [-0.2, -0.15) is 0 Å². The van der Waals surface area contributed by atoms with Gasteiger partial charge >= 0.3 is 0 Å². The third kappa shape index (κ3) is 3.21. The second kappa shape index (κ2) is 6.95. The molecular weight excluding hydrogens is 318 g/mol. The van der Waals surface area contributed by atoms with E-state index in [9.17, 15) is 9.59 Å². The van der Waals surface area contributed by atoms with Crippen molar-refractivity contribution in [3.63, 3.8) is 0 Å². The Hall–Kier alpha value is -0.850. The maximum absolute atomic E-state index is 12.6. The molecule has 1 aliphatic carbocycles. The van der Waals surface area contributed by atoms with Gasteiger partial charge in [-0.25, -0.2) is 0 Å². The normalized spacial score (nSPS) is 32.5. The van der Waals surface area contributed by atoms with E-state index in [1.165, 1.54) is 0 Å². The lowest BCUT2D eigenvalue weighted by atomic mass is 9.54. The van der Waals surface area contributed by atoms with Gasteiger partial charge in [-0.3, -0.25) is 9.59 Å². The number of halogens is 1. The van der Waals surface area contributed by atoms with Crippen LogP contribution in [0.25, 0.3) is 0 Å².